The monoisotopic (exact) mass is 166 g/mol. The molecule has 1 fully saturated rings. The van der Waals surface area contributed by atoms with Crippen LogP contribution in [0, 0.1) is 5.92 Å². The molecular formula is C9H14N2O. The van der Waals surface area contributed by atoms with E-state index in [1.165, 1.54) is 12.8 Å². The largest absolute Gasteiger partial charge is 0.272 e. The van der Waals surface area contributed by atoms with E-state index in [1.807, 2.05) is 6.92 Å². The van der Waals surface area contributed by atoms with E-state index in [1.54, 1.807) is 5.01 Å². The van der Waals surface area contributed by atoms with E-state index in [-0.39, 0.29) is 11.8 Å². The van der Waals surface area contributed by atoms with E-state index in [4.69, 9.17) is 0 Å². The Labute approximate surface area is 72.4 Å². The molecule has 1 aliphatic carbocycles. The van der Waals surface area contributed by atoms with E-state index in [9.17, 15) is 4.79 Å². The molecule has 0 radical (unpaired) electrons. The van der Waals surface area contributed by atoms with Crippen molar-refractivity contribution in [1.82, 2.24) is 5.01 Å². The smallest absolute Gasteiger partial charge is 0.251 e. The van der Waals surface area contributed by atoms with E-state index in [0.717, 1.165) is 25.1 Å². The molecule has 0 spiro atoms. The van der Waals surface area contributed by atoms with Gasteiger partial charge >= 0.3 is 0 Å². The number of amides is 1. The van der Waals surface area contributed by atoms with E-state index in [2.05, 4.69) is 5.10 Å². The summed E-state index contributed by atoms with van der Waals surface area (Å²) in [5, 5.41) is 5.93. The summed E-state index contributed by atoms with van der Waals surface area (Å²) in [5.41, 5.74) is 1.13. The minimum absolute atomic E-state index is 0.152. The van der Waals surface area contributed by atoms with Crippen LogP contribution in [0.25, 0.3) is 0 Å². The summed E-state index contributed by atoms with van der Waals surface area (Å²) in [6.45, 7) is 2.69. The first-order chi connectivity index (χ1) is 5.83. The highest BCUT2D eigenvalue weighted by molar-refractivity contribution is 6.08. The van der Waals surface area contributed by atoms with Crippen molar-refractivity contribution in [2.24, 2.45) is 11.0 Å². The van der Waals surface area contributed by atoms with Crippen molar-refractivity contribution in [2.45, 2.75) is 32.6 Å². The number of hydrogen-bond acceptors (Lipinski definition) is 2. The molecule has 66 valence electrons. The van der Waals surface area contributed by atoms with Crippen LogP contribution in [0.4, 0.5) is 0 Å². The second-order valence-corrected chi connectivity index (χ2v) is 3.44. The molecule has 1 unspecified atom stereocenters. The summed E-state index contributed by atoms with van der Waals surface area (Å²) < 4.78 is 0. The molecule has 1 amide bonds. The quantitative estimate of drug-likeness (QED) is 0.579. The molecule has 0 N–H and O–H groups in total. The first kappa shape index (κ1) is 7.77. The molecule has 1 aliphatic heterocycles. The highest BCUT2D eigenvalue weighted by atomic mass is 16.2. The van der Waals surface area contributed by atoms with Crippen LogP contribution < -0.4 is 0 Å². The molecule has 2 aliphatic rings. The lowest BCUT2D eigenvalue weighted by Crippen LogP contribution is -2.28. The van der Waals surface area contributed by atoms with Gasteiger partial charge in [-0.25, -0.2) is 5.01 Å². The van der Waals surface area contributed by atoms with Gasteiger partial charge in [-0.2, -0.15) is 5.10 Å². The zero-order valence-electron chi connectivity index (χ0n) is 7.42. The Bertz CT molecular complexity index is 235. The standard InChI is InChI=1S/C9H14N2O/c1-2-11-9(12)7-5-3-4-6-8(7)10-11/h7H,2-6H2,1H3. The highest BCUT2D eigenvalue weighted by Crippen LogP contribution is 2.28. The molecule has 0 bridgehead atoms. The minimum atomic E-state index is 0.152. The van der Waals surface area contributed by atoms with Crippen LogP contribution in [0.3, 0.4) is 0 Å². The summed E-state index contributed by atoms with van der Waals surface area (Å²) in [6.07, 6.45) is 4.45. The molecule has 0 saturated heterocycles. The van der Waals surface area contributed by atoms with Gasteiger partial charge in [0.25, 0.3) is 5.91 Å². The Hall–Kier alpha value is -0.860. The van der Waals surface area contributed by atoms with Crippen LogP contribution >= 0.6 is 0 Å². The van der Waals surface area contributed by atoms with Gasteiger partial charge in [-0.1, -0.05) is 6.42 Å². The van der Waals surface area contributed by atoms with Gasteiger partial charge < -0.3 is 0 Å². The van der Waals surface area contributed by atoms with Crippen LogP contribution in [0.1, 0.15) is 32.6 Å². The van der Waals surface area contributed by atoms with Gasteiger partial charge in [0.1, 0.15) is 0 Å². The van der Waals surface area contributed by atoms with Gasteiger partial charge in [0.05, 0.1) is 11.6 Å². The van der Waals surface area contributed by atoms with E-state index in [0.29, 0.717) is 0 Å². The van der Waals surface area contributed by atoms with E-state index < -0.39 is 0 Å². The third-order valence-electron chi connectivity index (χ3n) is 2.68. The Morgan fingerprint density at radius 2 is 2.42 bits per heavy atom. The lowest BCUT2D eigenvalue weighted by atomic mass is 9.87. The third kappa shape index (κ3) is 1.04. The average molecular weight is 166 g/mol. The lowest BCUT2D eigenvalue weighted by molar-refractivity contribution is -0.131. The first-order valence-corrected chi connectivity index (χ1v) is 4.71. The number of hydrazone groups is 1. The van der Waals surface area contributed by atoms with Gasteiger partial charge in [-0.05, 0) is 26.2 Å². The molecular weight excluding hydrogens is 152 g/mol. The molecule has 0 aromatic rings. The molecule has 1 saturated carbocycles. The Kier molecular flexibility index (Phi) is 1.87. The van der Waals surface area contributed by atoms with Gasteiger partial charge in [0, 0.05) is 6.54 Å². The van der Waals surface area contributed by atoms with Crippen molar-refractivity contribution in [3.63, 3.8) is 0 Å². The fraction of sp³-hybridized carbons (Fsp3) is 0.778. The normalized spacial score (nSPS) is 28.8. The second-order valence-electron chi connectivity index (χ2n) is 3.44. The van der Waals surface area contributed by atoms with Gasteiger partial charge in [-0.3, -0.25) is 4.79 Å². The second kappa shape index (κ2) is 2.88. The van der Waals surface area contributed by atoms with Crippen molar-refractivity contribution >= 4 is 11.6 Å². The van der Waals surface area contributed by atoms with Crippen LogP contribution in [0.15, 0.2) is 5.10 Å². The summed E-state index contributed by atoms with van der Waals surface area (Å²) in [6, 6.07) is 0. The summed E-state index contributed by atoms with van der Waals surface area (Å²) in [5.74, 6) is 0.380. The lowest BCUT2D eigenvalue weighted by Gasteiger charge is -2.16. The molecule has 0 aromatic carbocycles. The SMILES string of the molecule is CCN1N=C2CCCCC2C1=O. The van der Waals surface area contributed by atoms with Crippen molar-refractivity contribution in [3.8, 4) is 0 Å². The molecule has 0 aromatic heterocycles. The fourth-order valence-corrected chi connectivity index (χ4v) is 1.99. The highest BCUT2D eigenvalue weighted by Gasteiger charge is 2.35. The molecule has 3 heteroatoms. The van der Waals surface area contributed by atoms with Gasteiger partial charge in [-0.15, -0.1) is 0 Å². The number of hydrogen-bond donors (Lipinski definition) is 0. The Morgan fingerprint density at radius 3 is 3.08 bits per heavy atom. The van der Waals surface area contributed by atoms with Crippen LogP contribution in [0.5, 0.6) is 0 Å². The zero-order valence-corrected chi connectivity index (χ0v) is 7.42. The van der Waals surface area contributed by atoms with Crippen molar-refractivity contribution in [1.29, 1.82) is 0 Å². The van der Waals surface area contributed by atoms with Gasteiger partial charge in [0.2, 0.25) is 0 Å². The predicted molar refractivity (Wildman–Crippen MR) is 46.8 cm³/mol. The number of carbonyl (C=O) groups excluding carboxylic acids is 1. The van der Waals surface area contributed by atoms with Crippen molar-refractivity contribution in [2.75, 3.05) is 6.54 Å². The molecule has 12 heavy (non-hydrogen) atoms. The third-order valence-corrected chi connectivity index (χ3v) is 2.68. The molecule has 2 rings (SSSR count). The maximum atomic E-state index is 11.6. The fourth-order valence-electron chi connectivity index (χ4n) is 1.99. The summed E-state index contributed by atoms with van der Waals surface area (Å²) >= 11 is 0. The molecule has 1 atom stereocenters. The first-order valence-electron chi connectivity index (χ1n) is 4.71. The summed E-state index contributed by atoms with van der Waals surface area (Å²) in [7, 11) is 0. The maximum Gasteiger partial charge on any atom is 0.251 e. The number of rotatable bonds is 1. The number of carbonyl (C=O) groups is 1. The molecule has 3 nitrogen and oxygen atoms in total. The topological polar surface area (TPSA) is 32.7 Å². The minimum Gasteiger partial charge on any atom is -0.272 e. The van der Waals surface area contributed by atoms with Crippen molar-refractivity contribution < 1.29 is 4.79 Å². The Balaban J connectivity index is 2.18. The average Bonchev–Trinajstić information content (AvgIpc) is 2.44. The predicted octanol–water partition coefficient (Wildman–Crippen LogP) is 1.39. The van der Waals surface area contributed by atoms with Crippen LogP contribution in [-0.2, 0) is 4.79 Å². The van der Waals surface area contributed by atoms with Gasteiger partial charge in [0.15, 0.2) is 0 Å². The number of nitrogens with zero attached hydrogens (tertiary/aromatic N) is 2. The Morgan fingerprint density at radius 1 is 1.58 bits per heavy atom. The van der Waals surface area contributed by atoms with E-state index >= 15 is 0 Å². The maximum absolute atomic E-state index is 11.6. The number of fused-ring (bicyclic) bond motifs is 1. The van der Waals surface area contributed by atoms with Crippen LogP contribution in [-0.4, -0.2) is 23.2 Å². The molecule has 1 heterocycles. The van der Waals surface area contributed by atoms with Crippen LogP contribution in [0.2, 0.25) is 0 Å². The van der Waals surface area contributed by atoms with Crippen molar-refractivity contribution in [3.05, 3.63) is 0 Å². The summed E-state index contributed by atoms with van der Waals surface area (Å²) in [4.78, 5) is 11.6. The zero-order chi connectivity index (χ0) is 8.55.